The number of allylic oxidation sites excluding steroid dienone is 2. The highest BCUT2D eigenvalue weighted by Gasteiger charge is 2.22. The summed E-state index contributed by atoms with van der Waals surface area (Å²) in [7, 11) is 0. The average molecular weight is 176 g/mol. The van der Waals surface area contributed by atoms with Gasteiger partial charge in [0.05, 0.1) is 17.2 Å². The lowest BCUT2D eigenvalue weighted by Crippen LogP contribution is -2.20. The van der Waals surface area contributed by atoms with Gasteiger partial charge in [0.15, 0.2) is 0 Å². The van der Waals surface area contributed by atoms with Crippen LogP contribution < -0.4 is 0 Å². The second-order valence-electron chi connectivity index (χ2n) is 3.66. The first kappa shape index (κ1) is 11.6. The molecule has 0 rings (SSSR count). The molecule has 0 amide bonds. The van der Waals surface area contributed by atoms with E-state index in [-0.39, 0.29) is 0 Å². The van der Waals surface area contributed by atoms with Crippen LogP contribution in [-0.4, -0.2) is 5.71 Å². The molecule has 2 heteroatoms. The van der Waals surface area contributed by atoms with Gasteiger partial charge >= 0.3 is 0 Å². The number of rotatable bonds is 3. The van der Waals surface area contributed by atoms with E-state index in [0.29, 0.717) is 0 Å². The van der Waals surface area contributed by atoms with E-state index in [1.54, 1.807) is 0 Å². The number of hydrogen-bond acceptors (Lipinski definition) is 2. The summed E-state index contributed by atoms with van der Waals surface area (Å²) in [6, 6.07) is 2.21. The Labute approximate surface area is 80.3 Å². The molecule has 0 unspecified atom stereocenters. The SMILES string of the molecule is C=CN=C(C=C(C)C)C(C)(C)C#N. The molecule has 70 valence electrons. The maximum absolute atomic E-state index is 8.91. The molecule has 0 radical (unpaired) electrons. The summed E-state index contributed by atoms with van der Waals surface area (Å²) >= 11 is 0. The molecule has 0 aromatic carbocycles. The largest absolute Gasteiger partial charge is 0.260 e. The Morgan fingerprint density at radius 2 is 2.00 bits per heavy atom. The molecule has 0 aliphatic heterocycles. The molecule has 0 spiro atoms. The van der Waals surface area contributed by atoms with Gasteiger partial charge in [0.25, 0.3) is 0 Å². The van der Waals surface area contributed by atoms with Gasteiger partial charge < -0.3 is 0 Å². The van der Waals surface area contributed by atoms with Crippen molar-refractivity contribution in [1.82, 2.24) is 0 Å². The highest BCUT2D eigenvalue weighted by molar-refractivity contribution is 6.01. The molecule has 0 aliphatic rings. The Morgan fingerprint density at radius 3 is 2.31 bits per heavy atom. The van der Waals surface area contributed by atoms with Crippen molar-refractivity contribution < 1.29 is 0 Å². The number of hydrogen-bond donors (Lipinski definition) is 0. The molecule has 0 aromatic heterocycles. The van der Waals surface area contributed by atoms with Crippen LogP contribution >= 0.6 is 0 Å². The van der Waals surface area contributed by atoms with Crippen molar-refractivity contribution in [3.63, 3.8) is 0 Å². The normalized spacial score (nSPS) is 11.8. The summed E-state index contributed by atoms with van der Waals surface area (Å²) in [6.45, 7) is 11.2. The first-order valence-corrected chi connectivity index (χ1v) is 4.19. The number of nitriles is 1. The maximum atomic E-state index is 8.91. The third-order valence-electron chi connectivity index (χ3n) is 1.58. The third kappa shape index (κ3) is 3.71. The topological polar surface area (TPSA) is 36.1 Å². The predicted molar refractivity (Wildman–Crippen MR) is 56.5 cm³/mol. The van der Waals surface area contributed by atoms with Crippen LogP contribution in [0.4, 0.5) is 0 Å². The molecule has 13 heavy (non-hydrogen) atoms. The molecule has 0 saturated carbocycles. The second kappa shape index (κ2) is 4.61. The van der Waals surface area contributed by atoms with Crippen LogP contribution in [0.2, 0.25) is 0 Å². The van der Waals surface area contributed by atoms with E-state index in [1.807, 2.05) is 33.8 Å². The lowest BCUT2D eigenvalue weighted by atomic mass is 9.88. The van der Waals surface area contributed by atoms with Gasteiger partial charge in [-0.25, -0.2) is 0 Å². The molecule has 2 nitrogen and oxygen atoms in total. The van der Waals surface area contributed by atoms with Crippen molar-refractivity contribution in [2.75, 3.05) is 0 Å². The average Bonchev–Trinajstić information content (AvgIpc) is 2.03. The fraction of sp³-hybridized carbons (Fsp3) is 0.455. The molecule has 0 heterocycles. The molecule has 0 aliphatic carbocycles. The van der Waals surface area contributed by atoms with Gasteiger partial charge in [-0.1, -0.05) is 12.2 Å². The van der Waals surface area contributed by atoms with E-state index >= 15 is 0 Å². The second-order valence-corrected chi connectivity index (χ2v) is 3.66. The summed E-state index contributed by atoms with van der Waals surface area (Å²) in [5.74, 6) is 0. The van der Waals surface area contributed by atoms with Gasteiger partial charge in [0.1, 0.15) is 0 Å². The molecule has 0 atom stereocenters. The maximum Gasteiger partial charge on any atom is 0.0937 e. The first-order valence-electron chi connectivity index (χ1n) is 4.19. The van der Waals surface area contributed by atoms with E-state index in [2.05, 4.69) is 17.6 Å². The minimum absolute atomic E-state index is 0.550. The summed E-state index contributed by atoms with van der Waals surface area (Å²) in [5.41, 5.74) is 1.33. The Hall–Kier alpha value is -1.36. The van der Waals surface area contributed by atoms with Crippen molar-refractivity contribution in [3.8, 4) is 6.07 Å². The summed E-state index contributed by atoms with van der Waals surface area (Å²) < 4.78 is 0. The lowest BCUT2D eigenvalue weighted by molar-refractivity contribution is 0.697. The van der Waals surface area contributed by atoms with Crippen LogP contribution in [0.1, 0.15) is 27.7 Å². The molecule has 0 N–H and O–H groups in total. The summed E-state index contributed by atoms with van der Waals surface area (Å²) in [5, 5.41) is 8.91. The predicted octanol–water partition coefficient (Wildman–Crippen LogP) is 3.09. The minimum Gasteiger partial charge on any atom is -0.260 e. The van der Waals surface area contributed by atoms with E-state index < -0.39 is 5.41 Å². The first-order chi connectivity index (χ1) is 5.94. The Morgan fingerprint density at radius 1 is 1.46 bits per heavy atom. The van der Waals surface area contributed by atoms with Crippen molar-refractivity contribution in [2.45, 2.75) is 27.7 Å². The van der Waals surface area contributed by atoms with Crippen LogP contribution in [0.3, 0.4) is 0 Å². The molecular weight excluding hydrogens is 160 g/mol. The van der Waals surface area contributed by atoms with Crippen molar-refractivity contribution >= 4 is 5.71 Å². The van der Waals surface area contributed by atoms with Gasteiger partial charge in [-0.05, 0) is 33.8 Å². The smallest absolute Gasteiger partial charge is 0.0937 e. The fourth-order valence-corrected chi connectivity index (χ4v) is 0.808. The third-order valence-corrected chi connectivity index (χ3v) is 1.58. The molecule has 0 aromatic rings. The van der Waals surface area contributed by atoms with Gasteiger partial charge in [-0.2, -0.15) is 5.26 Å². The highest BCUT2D eigenvalue weighted by atomic mass is 14.7. The van der Waals surface area contributed by atoms with Crippen LogP contribution in [-0.2, 0) is 0 Å². The summed E-state index contributed by atoms with van der Waals surface area (Å²) in [6.07, 6.45) is 3.37. The highest BCUT2D eigenvalue weighted by Crippen LogP contribution is 2.18. The van der Waals surface area contributed by atoms with E-state index in [9.17, 15) is 0 Å². The molecule has 0 fully saturated rings. The zero-order chi connectivity index (χ0) is 10.5. The number of nitrogens with zero attached hydrogens (tertiary/aromatic N) is 2. The minimum atomic E-state index is -0.550. The lowest BCUT2D eigenvalue weighted by Gasteiger charge is -2.15. The standard InChI is InChI=1S/C11H16N2/c1-6-13-10(7-9(2)3)11(4,5)8-12/h6-7H,1H2,2-5H3. The summed E-state index contributed by atoms with van der Waals surface area (Å²) in [4.78, 5) is 4.09. The van der Waals surface area contributed by atoms with Gasteiger partial charge in [0.2, 0.25) is 0 Å². The van der Waals surface area contributed by atoms with Gasteiger partial charge in [-0.15, -0.1) is 0 Å². The Kier molecular flexibility index (Phi) is 4.13. The van der Waals surface area contributed by atoms with Crippen LogP contribution in [0.5, 0.6) is 0 Å². The van der Waals surface area contributed by atoms with Crippen LogP contribution in [0.15, 0.2) is 29.4 Å². The van der Waals surface area contributed by atoms with Crippen LogP contribution in [0.25, 0.3) is 0 Å². The van der Waals surface area contributed by atoms with Crippen molar-refractivity contribution in [3.05, 3.63) is 24.4 Å². The van der Waals surface area contributed by atoms with Crippen molar-refractivity contribution in [2.24, 2.45) is 10.4 Å². The zero-order valence-electron chi connectivity index (χ0n) is 8.76. The van der Waals surface area contributed by atoms with Crippen LogP contribution in [0, 0.1) is 16.7 Å². The van der Waals surface area contributed by atoms with E-state index in [0.717, 1.165) is 11.3 Å². The Balaban J connectivity index is 5.09. The molecule has 0 saturated heterocycles. The van der Waals surface area contributed by atoms with Gasteiger partial charge in [-0.3, -0.25) is 4.99 Å². The molecule has 0 bridgehead atoms. The zero-order valence-corrected chi connectivity index (χ0v) is 8.76. The fourth-order valence-electron chi connectivity index (χ4n) is 0.808. The van der Waals surface area contributed by atoms with E-state index in [1.165, 1.54) is 6.20 Å². The van der Waals surface area contributed by atoms with Gasteiger partial charge in [0, 0.05) is 6.20 Å². The number of aliphatic imine (C=N–C) groups is 1. The van der Waals surface area contributed by atoms with E-state index in [4.69, 9.17) is 5.26 Å². The Bertz CT molecular complexity index is 284. The van der Waals surface area contributed by atoms with Crippen molar-refractivity contribution in [1.29, 1.82) is 5.26 Å². The molecular formula is C11H16N2. The quantitative estimate of drug-likeness (QED) is 0.609. The monoisotopic (exact) mass is 176 g/mol.